The van der Waals surface area contributed by atoms with Crippen LogP contribution in [-0.2, 0) is 11.2 Å². The van der Waals surface area contributed by atoms with Gasteiger partial charge in [-0.1, -0.05) is 36.4 Å². The van der Waals surface area contributed by atoms with Crippen molar-refractivity contribution in [3.63, 3.8) is 0 Å². The molecule has 3 aromatic carbocycles. The van der Waals surface area contributed by atoms with Crippen LogP contribution in [0.1, 0.15) is 5.56 Å². The number of hydrogen-bond donors (Lipinski definition) is 2. The molecule has 0 aliphatic rings. The van der Waals surface area contributed by atoms with Crippen molar-refractivity contribution in [3.05, 3.63) is 84.2 Å². The van der Waals surface area contributed by atoms with Crippen LogP contribution in [0.15, 0.2) is 77.2 Å². The van der Waals surface area contributed by atoms with E-state index in [2.05, 4.69) is 15.6 Å². The van der Waals surface area contributed by atoms with Crippen LogP contribution in [0.4, 0.5) is 10.1 Å². The summed E-state index contributed by atoms with van der Waals surface area (Å²) < 4.78 is 19.1. The van der Waals surface area contributed by atoms with Gasteiger partial charge >= 0.3 is 0 Å². The first-order chi connectivity index (χ1) is 14.1. The highest BCUT2D eigenvalue weighted by molar-refractivity contribution is 7.80. The van der Waals surface area contributed by atoms with E-state index in [1.54, 1.807) is 30.3 Å². The van der Waals surface area contributed by atoms with Gasteiger partial charge in [0.05, 0.1) is 6.42 Å². The third-order valence-electron chi connectivity index (χ3n) is 4.18. The van der Waals surface area contributed by atoms with E-state index < -0.39 is 0 Å². The zero-order chi connectivity index (χ0) is 20.2. The number of rotatable bonds is 4. The van der Waals surface area contributed by atoms with Gasteiger partial charge in [-0.15, -0.1) is 0 Å². The lowest BCUT2D eigenvalue weighted by molar-refractivity contribution is -0.119. The molecule has 1 aromatic heterocycles. The number of nitrogens with one attached hydrogen (secondary N) is 2. The summed E-state index contributed by atoms with van der Waals surface area (Å²) in [7, 11) is 0. The van der Waals surface area contributed by atoms with E-state index in [0.29, 0.717) is 28.2 Å². The van der Waals surface area contributed by atoms with Gasteiger partial charge in [0.15, 0.2) is 10.7 Å². The molecule has 0 saturated carbocycles. The fraction of sp³-hybridized carbons (Fsp3) is 0.0455. The van der Waals surface area contributed by atoms with E-state index in [0.717, 1.165) is 5.56 Å². The predicted octanol–water partition coefficient (Wildman–Crippen LogP) is 4.69. The molecular weight excluding hydrogens is 389 g/mol. The fourth-order valence-corrected chi connectivity index (χ4v) is 3.10. The Balaban J connectivity index is 1.44. The predicted molar refractivity (Wildman–Crippen MR) is 114 cm³/mol. The first-order valence-electron chi connectivity index (χ1n) is 8.88. The van der Waals surface area contributed by atoms with Crippen molar-refractivity contribution in [2.75, 3.05) is 5.32 Å². The number of halogens is 1. The molecule has 0 saturated heterocycles. The number of nitrogens with zero attached hydrogens (tertiary/aromatic N) is 1. The zero-order valence-electron chi connectivity index (χ0n) is 15.2. The van der Waals surface area contributed by atoms with Gasteiger partial charge in [-0.3, -0.25) is 4.79 Å². The average molecular weight is 405 g/mol. The topological polar surface area (TPSA) is 67.2 Å². The van der Waals surface area contributed by atoms with Crippen LogP contribution in [0.25, 0.3) is 22.6 Å². The number of fused-ring (bicyclic) bond motifs is 1. The Morgan fingerprint density at radius 2 is 1.86 bits per heavy atom. The number of thiocarbonyl (C=S) groups is 1. The third-order valence-corrected chi connectivity index (χ3v) is 4.38. The maximum atomic E-state index is 13.4. The van der Waals surface area contributed by atoms with Crippen LogP contribution in [-0.4, -0.2) is 16.0 Å². The SMILES string of the molecule is O=C(Cc1ccccc1)NC(=S)Nc1ccc2oc(-c3cccc(F)c3)nc2c1. The van der Waals surface area contributed by atoms with E-state index >= 15 is 0 Å². The Labute approximate surface area is 171 Å². The Bertz CT molecular complexity index is 1190. The number of anilines is 1. The molecule has 2 N–H and O–H groups in total. The first kappa shape index (κ1) is 18.8. The average Bonchev–Trinajstić information content (AvgIpc) is 3.12. The van der Waals surface area contributed by atoms with Crippen LogP contribution >= 0.6 is 12.2 Å². The van der Waals surface area contributed by atoms with E-state index in [9.17, 15) is 9.18 Å². The molecule has 1 heterocycles. The summed E-state index contributed by atoms with van der Waals surface area (Å²) in [6, 6.07) is 20.7. The minimum absolute atomic E-state index is 0.194. The lowest BCUT2D eigenvalue weighted by Gasteiger charge is -2.09. The number of hydrogen-bond acceptors (Lipinski definition) is 4. The second-order valence-electron chi connectivity index (χ2n) is 6.38. The maximum Gasteiger partial charge on any atom is 0.230 e. The lowest BCUT2D eigenvalue weighted by Crippen LogP contribution is -2.35. The van der Waals surface area contributed by atoms with Gasteiger partial charge in [0.2, 0.25) is 11.8 Å². The number of carbonyl (C=O) groups is 1. The number of benzene rings is 3. The summed E-state index contributed by atoms with van der Waals surface area (Å²) in [6.07, 6.45) is 0.238. The van der Waals surface area contributed by atoms with Gasteiger partial charge in [-0.25, -0.2) is 9.37 Å². The molecule has 0 bridgehead atoms. The maximum absolute atomic E-state index is 13.4. The Morgan fingerprint density at radius 1 is 1.03 bits per heavy atom. The molecule has 144 valence electrons. The lowest BCUT2D eigenvalue weighted by atomic mass is 10.1. The van der Waals surface area contributed by atoms with E-state index in [4.69, 9.17) is 16.6 Å². The van der Waals surface area contributed by atoms with Crippen molar-refractivity contribution in [3.8, 4) is 11.5 Å². The van der Waals surface area contributed by atoms with Crippen LogP contribution in [0.5, 0.6) is 0 Å². The largest absolute Gasteiger partial charge is 0.436 e. The molecule has 1 amide bonds. The highest BCUT2D eigenvalue weighted by Gasteiger charge is 2.11. The van der Waals surface area contributed by atoms with Crippen molar-refractivity contribution in [2.24, 2.45) is 0 Å². The highest BCUT2D eigenvalue weighted by atomic mass is 32.1. The van der Waals surface area contributed by atoms with E-state index in [-0.39, 0.29) is 23.3 Å². The summed E-state index contributed by atoms with van der Waals surface area (Å²) in [4.78, 5) is 16.5. The smallest absolute Gasteiger partial charge is 0.230 e. The Hall–Kier alpha value is -3.58. The van der Waals surface area contributed by atoms with Gasteiger partial charge in [0.25, 0.3) is 0 Å². The van der Waals surface area contributed by atoms with Crippen molar-refractivity contribution >= 4 is 40.0 Å². The Morgan fingerprint density at radius 3 is 2.66 bits per heavy atom. The molecule has 0 atom stereocenters. The molecule has 4 rings (SSSR count). The summed E-state index contributed by atoms with van der Waals surface area (Å²) in [5.74, 6) is -0.233. The van der Waals surface area contributed by atoms with Crippen molar-refractivity contribution in [1.29, 1.82) is 0 Å². The summed E-state index contributed by atoms with van der Waals surface area (Å²) in [6.45, 7) is 0. The van der Waals surface area contributed by atoms with Crippen molar-refractivity contribution in [2.45, 2.75) is 6.42 Å². The fourth-order valence-electron chi connectivity index (χ4n) is 2.86. The van der Waals surface area contributed by atoms with E-state index in [1.807, 2.05) is 30.3 Å². The molecule has 0 radical (unpaired) electrons. The number of aromatic nitrogens is 1. The molecule has 0 fully saturated rings. The Kier molecular flexibility index (Phi) is 5.31. The molecule has 29 heavy (non-hydrogen) atoms. The number of amides is 1. The molecular formula is C22H16FN3O2S. The van der Waals surface area contributed by atoms with Gasteiger partial charge in [0, 0.05) is 11.3 Å². The summed E-state index contributed by atoms with van der Waals surface area (Å²) >= 11 is 5.22. The van der Waals surface area contributed by atoms with Gasteiger partial charge in [-0.2, -0.15) is 0 Å². The van der Waals surface area contributed by atoms with Gasteiger partial charge in [0.1, 0.15) is 11.3 Å². The zero-order valence-corrected chi connectivity index (χ0v) is 16.0. The first-order valence-corrected chi connectivity index (χ1v) is 9.29. The van der Waals surface area contributed by atoms with E-state index in [1.165, 1.54) is 12.1 Å². The van der Waals surface area contributed by atoms with Crippen LogP contribution in [0.2, 0.25) is 0 Å². The molecule has 0 unspecified atom stereocenters. The second kappa shape index (κ2) is 8.20. The van der Waals surface area contributed by atoms with Crippen molar-refractivity contribution in [1.82, 2.24) is 10.3 Å². The molecule has 7 heteroatoms. The van der Waals surface area contributed by atoms with Crippen LogP contribution in [0, 0.1) is 5.82 Å². The minimum Gasteiger partial charge on any atom is -0.436 e. The van der Waals surface area contributed by atoms with Crippen LogP contribution < -0.4 is 10.6 Å². The minimum atomic E-state index is -0.358. The standard InChI is InChI=1S/C22H16FN3O2S/c23-16-8-4-7-15(12-16)21-25-18-13-17(9-10-19(18)28-21)24-22(29)26-20(27)11-14-5-2-1-3-6-14/h1-10,12-13H,11H2,(H2,24,26,27,29). The summed E-state index contributed by atoms with van der Waals surface area (Å²) in [5, 5.41) is 5.82. The second-order valence-corrected chi connectivity index (χ2v) is 6.78. The normalized spacial score (nSPS) is 10.7. The quantitative estimate of drug-likeness (QED) is 0.482. The van der Waals surface area contributed by atoms with Gasteiger partial charge in [-0.05, 0) is 54.2 Å². The molecule has 0 spiro atoms. The number of oxazole rings is 1. The monoisotopic (exact) mass is 405 g/mol. The summed E-state index contributed by atoms with van der Waals surface area (Å²) in [5.41, 5.74) is 3.27. The molecule has 0 aliphatic heterocycles. The van der Waals surface area contributed by atoms with Crippen LogP contribution in [0.3, 0.4) is 0 Å². The molecule has 5 nitrogen and oxygen atoms in total. The highest BCUT2D eigenvalue weighted by Crippen LogP contribution is 2.26. The molecule has 4 aromatic rings. The van der Waals surface area contributed by atoms with Gasteiger partial charge < -0.3 is 15.1 Å². The third kappa shape index (κ3) is 4.64. The molecule has 0 aliphatic carbocycles. The van der Waals surface area contributed by atoms with Crippen molar-refractivity contribution < 1.29 is 13.6 Å². The number of carbonyl (C=O) groups excluding carboxylic acids is 1.